The highest BCUT2D eigenvalue weighted by Crippen LogP contribution is 2.40. The second-order valence-corrected chi connectivity index (χ2v) is 10.6. The lowest BCUT2D eigenvalue weighted by molar-refractivity contribution is 0.297. The summed E-state index contributed by atoms with van der Waals surface area (Å²) >= 11 is 0. The van der Waals surface area contributed by atoms with Crippen molar-refractivity contribution in [2.24, 2.45) is 11.8 Å². The maximum absolute atomic E-state index is 14.6. The zero-order valence-electron chi connectivity index (χ0n) is 21.2. The first-order valence-electron chi connectivity index (χ1n) is 13.5. The number of hydrogen-bond donors (Lipinski definition) is 0. The molecular weight excluding hydrogens is 445 g/mol. The van der Waals surface area contributed by atoms with Crippen molar-refractivity contribution in [1.82, 2.24) is 0 Å². The Labute approximate surface area is 208 Å². The molecular formula is C31H39F3O. The zero-order valence-corrected chi connectivity index (χ0v) is 21.2. The highest BCUT2D eigenvalue weighted by Gasteiger charge is 2.27. The van der Waals surface area contributed by atoms with Crippen LogP contribution in [0.5, 0.6) is 5.75 Å². The SMILES string of the molecule is CCOc1ccc(C2CCC(CCc3ccc(C4CCC(C=C(C)F)CC4)cc3)CC2)c(F)c1F. The minimum atomic E-state index is -0.852. The third-order valence-electron chi connectivity index (χ3n) is 8.19. The molecule has 0 aromatic heterocycles. The largest absolute Gasteiger partial charge is 0.491 e. The second kappa shape index (κ2) is 12.1. The molecule has 0 saturated heterocycles. The number of rotatable bonds is 8. The molecule has 0 amide bonds. The van der Waals surface area contributed by atoms with Crippen LogP contribution < -0.4 is 4.74 Å². The summed E-state index contributed by atoms with van der Waals surface area (Å²) < 4.78 is 47.2. The Morgan fingerprint density at radius 3 is 2.14 bits per heavy atom. The molecule has 2 aliphatic rings. The first-order chi connectivity index (χ1) is 16.9. The van der Waals surface area contributed by atoms with Crippen LogP contribution in [0.25, 0.3) is 0 Å². The van der Waals surface area contributed by atoms with Crippen LogP contribution >= 0.6 is 0 Å². The Morgan fingerprint density at radius 1 is 0.857 bits per heavy atom. The standard InChI is InChI=1S/C31H39F3O/c1-3-35-29-19-18-28(30(33)31(29)34)27-16-8-23(9-17-27)5-4-22-6-12-25(13-7-22)26-14-10-24(11-15-26)20-21(2)32/h6-7,12-13,18-20,23-24,26-27H,3-5,8-11,14-17H2,1-2H3. The molecule has 0 spiro atoms. The molecule has 2 aromatic carbocycles. The van der Waals surface area contributed by atoms with Gasteiger partial charge in [0, 0.05) is 0 Å². The normalized spacial score (nSPS) is 25.5. The molecule has 0 atom stereocenters. The highest BCUT2D eigenvalue weighted by atomic mass is 19.2. The van der Waals surface area contributed by atoms with Gasteiger partial charge < -0.3 is 4.74 Å². The molecule has 2 fully saturated rings. The number of hydrogen-bond acceptors (Lipinski definition) is 1. The average molecular weight is 485 g/mol. The fourth-order valence-corrected chi connectivity index (χ4v) is 6.16. The number of aryl methyl sites for hydroxylation is 1. The van der Waals surface area contributed by atoms with E-state index in [0.29, 0.717) is 29.9 Å². The minimum Gasteiger partial charge on any atom is -0.491 e. The minimum absolute atomic E-state index is 0.00479. The Bertz CT molecular complexity index is 977. The number of allylic oxidation sites excluding steroid dienone is 2. The van der Waals surface area contributed by atoms with Crippen molar-refractivity contribution in [2.75, 3.05) is 6.61 Å². The van der Waals surface area contributed by atoms with Crippen molar-refractivity contribution < 1.29 is 17.9 Å². The summed E-state index contributed by atoms with van der Waals surface area (Å²) in [6, 6.07) is 12.4. The predicted molar refractivity (Wildman–Crippen MR) is 137 cm³/mol. The van der Waals surface area contributed by atoms with Gasteiger partial charge in [0.15, 0.2) is 11.6 Å². The van der Waals surface area contributed by atoms with Crippen molar-refractivity contribution >= 4 is 0 Å². The molecule has 0 unspecified atom stereocenters. The van der Waals surface area contributed by atoms with Crippen LogP contribution in [0.2, 0.25) is 0 Å². The van der Waals surface area contributed by atoms with Crippen LogP contribution in [0, 0.1) is 23.5 Å². The molecule has 190 valence electrons. The van der Waals surface area contributed by atoms with Gasteiger partial charge in [0.1, 0.15) is 0 Å². The van der Waals surface area contributed by atoms with E-state index in [0.717, 1.165) is 64.2 Å². The van der Waals surface area contributed by atoms with Crippen LogP contribution in [-0.2, 0) is 6.42 Å². The molecule has 2 aromatic rings. The van der Waals surface area contributed by atoms with Gasteiger partial charge in [0.05, 0.1) is 12.4 Å². The van der Waals surface area contributed by atoms with E-state index in [-0.39, 0.29) is 17.5 Å². The third-order valence-corrected chi connectivity index (χ3v) is 8.19. The molecule has 0 aliphatic heterocycles. The summed E-state index contributed by atoms with van der Waals surface area (Å²) in [6.45, 7) is 3.63. The van der Waals surface area contributed by atoms with E-state index < -0.39 is 11.6 Å². The fourth-order valence-electron chi connectivity index (χ4n) is 6.16. The van der Waals surface area contributed by atoms with Crippen LogP contribution in [0.15, 0.2) is 48.3 Å². The van der Waals surface area contributed by atoms with Crippen LogP contribution in [0.3, 0.4) is 0 Å². The number of halogens is 3. The zero-order chi connectivity index (χ0) is 24.8. The third kappa shape index (κ3) is 6.71. The predicted octanol–water partition coefficient (Wildman–Crippen LogP) is 9.42. The molecule has 1 nitrogen and oxygen atoms in total. The van der Waals surface area contributed by atoms with Crippen molar-refractivity contribution in [3.63, 3.8) is 0 Å². The average Bonchev–Trinajstić information content (AvgIpc) is 2.87. The van der Waals surface area contributed by atoms with Crippen LogP contribution in [0.1, 0.15) is 100 Å². The summed E-state index contributed by atoms with van der Waals surface area (Å²) in [5, 5.41) is 0. The van der Waals surface area contributed by atoms with E-state index in [2.05, 4.69) is 24.3 Å². The summed E-state index contributed by atoms with van der Waals surface area (Å²) in [5.74, 6) is 0.0940. The molecule has 2 saturated carbocycles. The van der Waals surface area contributed by atoms with Gasteiger partial charge in [0.25, 0.3) is 0 Å². The lowest BCUT2D eigenvalue weighted by Gasteiger charge is -2.29. The number of ether oxygens (including phenoxy) is 1. The summed E-state index contributed by atoms with van der Waals surface area (Å²) in [5.41, 5.74) is 3.29. The molecule has 0 N–H and O–H groups in total. The lowest BCUT2D eigenvalue weighted by atomic mass is 9.76. The quantitative estimate of drug-likeness (QED) is 0.362. The lowest BCUT2D eigenvalue weighted by Crippen LogP contribution is -2.15. The van der Waals surface area contributed by atoms with E-state index in [1.54, 1.807) is 32.1 Å². The Kier molecular flexibility index (Phi) is 8.97. The number of benzene rings is 2. The van der Waals surface area contributed by atoms with E-state index in [1.165, 1.54) is 11.1 Å². The van der Waals surface area contributed by atoms with Gasteiger partial charge in [-0.15, -0.1) is 0 Å². The topological polar surface area (TPSA) is 9.23 Å². The van der Waals surface area contributed by atoms with Crippen molar-refractivity contribution in [3.05, 3.63) is 76.6 Å². The Hall–Kier alpha value is -2.23. The summed E-state index contributed by atoms with van der Waals surface area (Å²) in [6.07, 6.45) is 12.4. The molecule has 35 heavy (non-hydrogen) atoms. The monoisotopic (exact) mass is 484 g/mol. The summed E-state index contributed by atoms with van der Waals surface area (Å²) in [4.78, 5) is 0. The fraction of sp³-hybridized carbons (Fsp3) is 0.548. The van der Waals surface area contributed by atoms with E-state index in [1.807, 2.05) is 0 Å². The van der Waals surface area contributed by atoms with Gasteiger partial charge >= 0.3 is 0 Å². The van der Waals surface area contributed by atoms with E-state index in [9.17, 15) is 13.2 Å². The molecule has 0 heterocycles. The Morgan fingerprint density at radius 2 is 1.51 bits per heavy atom. The van der Waals surface area contributed by atoms with Gasteiger partial charge in [0.2, 0.25) is 5.82 Å². The molecule has 2 aliphatic carbocycles. The van der Waals surface area contributed by atoms with Gasteiger partial charge in [-0.05, 0) is 124 Å². The van der Waals surface area contributed by atoms with Crippen LogP contribution in [0.4, 0.5) is 13.2 Å². The first kappa shape index (κ1) is 25.9. The van der Waals surface area contributed by atoms with Gasteiger partial charge in [-0.2, -0.15) is 4.39 Å². The second-order valence-electron chi connectivity index (χ2n) is 10.6. The van der Waals surface area contributed by atoms with Crippen molar-refractivity contribution in [1.29, 1.82) is 0 Å². The maximum Gasteiger partial charge on any atom is 0.200 e. The van der Waals surface area contributed by atoms with Gasteiger partial charge in [-0.3, -0.25) is 0 Å². The van der Waals surface area contributed by atoms with E-state index in [4.69, 9.17) is 4.74 Å². The molecule has 4 rings (SSSR count). The Balaban J connectivity index is 1.23. The van der Waals surface area contributed by atoms with E-state index >= 15 is 0 Å². The highest BCUT2D eigenvalue weighted by molar-refractivity contribution is 5.33. The van der Waals surface area contributed by atoms with Gasteiger partial charge in [-0.1, -0.05) is 36.4 Å². The van der Waals surface area contributed by atoms with Crippen LogP contribution in [-0.4, -0.2) is 6.61 Å². The molecule has 0 radical (unpaired) electrons. The van der Waals surface area contributed by atoms with Crippen molar-refractivity contribution in [2.45, 2.75) is 89.9 Å². The first-order valence-corrected chi connectivity index (χ1v) is 13.5. The molecule has 4 heteroatoms. The van der Waals surface area contributed by atoms with Gasteiger partial charge in [-0.25, -0.2) is 8.78 Å². The smallest absolute Gasteiger partial charge is 0.200 e. The maximum atomic E-state index is 14.6. The van der Waals surface area contributed by atoms with Crippen molar-refractivity contribution in [3.8, 4) is 5.75 Å². The summed E-state index contributed by atoms with van der Waals surface area (Å²) in [7, 11) is 0. The molecule has 0 bridgehead atoms.